The summed E-state index contributed by atoms with van der Waals surface area (Å²) in [6.45, 7) is 13.0. The van der Waals surface area contributed by atoms with E-state index >= 15 is 0 Å². The van der Waals surface area contributed by atoms with Crippen LogP contribution in [0, 0.1) is 0 Å². The minimum Gasteiger partial charge on any atom is -0.379 e. The Balaban J connectivity index is 1.59. The molecule has 0 spiro atoms. The number of hydrogen-bond donors (Lipinski definition) is 1. The van der Waals surface area contributed by atoms with E-state index in [0.29, 0.717) is 12.6 Å². The fourth-order valence-electron chi connectivity index (χ4n) is 3.11. The van der Waals surface area contributed by atoms with Gasteiger partial charge in [-0.15, -0.1) is 0 Å². The van der Waals surface area contributed by atoms with Gasteiger partial charge < -0.3 is 20.1 Å². The summed E-state index contributed by atoms with van der Waals surface area (Å²) in [7, 11) is 0. The lowest BCUT2D eigenvalue weighted by Gasteiger charge is -2.41. The highest BCUT2D eigenvalue weighted by Gasteiger charge is 2.32. The molecule has 5 heteroatoms. The molecule has 21 heavy (non-hydrogen) atoms. The van der Waals surface area contributed by atoms with Crippen LogP contribution in [0.1, 0.15) is 33.1 Å². The first-order valence-electron chi connectivity index (χ1n) is 8.54. The molecule has 2 fully saturated rings. The number of hydrogen-bond acceptors (Lipinski definition) is 5. The summed E-state index contributed by atoms with van der Waals surface area (Å²) in [6.07, 6.45) is 3.32. The lowest BCUT2D eigenvalue weighted by Crippen LogP contribution is -2.55. The summed E-state index contributed by atoms with van der Waals surface area (Å²) in [6, 6.07) is 0.678. The van der Waals surface area contributed by atoms with Gasteiger partial charge in [-0.25, -0.2) is 0 Å². The Labute approximate surface area is 129 Å². The number of morpholine rings is 1. The van der Waals surface area contributed by atoms with Crippen LogP contribution in [0.3, 0.4) is 0 Å². The van der Waals surface area contributed by atoms with Crippen LogP contribution >= 0.6 is 0 Å². The van der Waals surface area contributed by atoms with E-state index in [4.69, 9.17) is 15.2 Å². The zero-order valence-corrected chi connectivity index (χ0v) is 13.9. The molecule has 0 bridgehead atoms. The minimum absolute atomic E-state index is 0.116. The van der Waals surface area contributed by atoms with Crippen molar-refractivity contribution in [2.45, 2.75) is 44.7 Å². The summed E-state index contributed by atoms with van der Waals surface area (Å²) in [5.74, 6) is 0. The molecule has 5 nitrogen and oxygen atoms in total. The standard InChI is InChI=1S/C16H33N3O2/c1-3-15(2)19-6-4-16(17,5-7-19)14-21-13-10-18-8-11-20-12-9-18/h15H,3-14,17H2,1-2H3. The molecule has 2 saturated heterocycles. The molecule has 0 amide bonds. The molecule has 1 atom stereocenters. The maximum Gasteiger partial charge on any atom is 0.0647 e. The zero-order chi connectivity index (χ0) is 15.1. The number of nitrogens with two attached hydrogens (primary N) is 1. The van der Waals surface area contributed by atoms with E-state index in [9.17, 15) is 0 Å². The van der Waals surface area contributed by atoms with Gasteiger partial charge in [-0.3, -0.25) is 4.90 Å². The van der Waals surface area contributed by atoms with Gasteiger partial charge >= 0.3 is 0 Å². The van der Waals surface area contributed by atoms with Crippen LogP contribution in [0.25, 0.3) is 0 Å². The van der Waals surface area contributed by atoms with Crippen LogP contribution in [0.4, 0.5) is 0 Å². The first-order valence-corrected chi connectivity index (χ1v) is 8.54. The molecule has 0 saturated carbocycles. The normalized spacial score (nSPS) is 25.9. The zero-order valence-electron chi connectivity index (χ0n) is 13.9. The molecule has 2 N–H and O–H groups in total. The van der Waals surface area contributed by atoms with E-state index in [2.05, 4.69) is 23.6 Å². The molecule has 0 aromatic heterocycles. The summed E-state index contributed by atoms with van der Waals surface area (Å²) in [5.41, 5.74) is 6.38. The molecule has 2 heterocycles. The number of ether oxygens (including phenoxy) is 2. The smallest absolute Gasteiger partial charge is 0.0647 e. The van der Waals surface area contributed by atoms with Crippen molar-refractivity contribution >= 4 is 0 Å². The Morgan fingerprint density at radius 3 is 2.48 bits per heavy atom. The lowest BCUT2D eigenvalue weighted by molar-refractivity contribution is 0.00394. The molecule has 1 unspecified atom stereocenters. The van der Waals surface area contributed by atoms with Gasteiger partial charge in [0.05, 0.1) is 26.4 Å². The average Bonchev–Trinajstić information content (AvgIpc) is 2.53. The van der Waals surface area contributed by atoms with Gasteiger partial charge in [-0.2, -0.15) is 0 Å². The van der Waals surface area contributed by atoms with Gasteiger partial charge in [-0.1, -0.05) is 6.92 Å². The van der Waals surface area contributed by atoms with Crippen LogP contribution < -0.4 is 5.73 Å². The van der Waals surface area contributed by atoms with Crippen LogP contribution in [-0.4, -0.2) is 80.5 Å². The topological polar surface area (TPSA) is 51.0 Å². The van der Waals surface area contributed by atoms with Crippen molar-refractivity contribution < 1.29 is 9.47 Å². The third-order valence-electron chi connectivity index (χ3n) is 5.05. The molecule has 0 aliphatic carbocycles. The van der Waals surface area contributed by atoms with Gasteiger partial charge in [0.2, 0.25) is 0 Å². The van der Waals surface area contributed by atoms with Crippen LogP contribution in [0.2, 0.25) is 0 Å². The number of piperidine rings is 1. The van der Waals surface area contributed by atoms with Crippen LogP contribution in [0.15, 0.2) is 0 Å². The Hall–Kier alpha value is -0.200. The quantitative estimate of drug-likeness (QED) is 0.709. The first kappa shape index (κ1) is 17.2. The maximum atomic E-state index is 6.50. The van der Waals surface area contributed by atoms with Crippen molar-refractivity contribution in [1.82, 2.24) is 9.80 Å². The van der Waals surface area contributed by atoms with E-state index in [1.165, 1.54) is 6.42 Å². The van der Waals surface area contributed by atoms with Crippen molar-refractivity contribution in [3.8, 4) is 0 Å². The van der Waals surface area contributed by atoms with Crippen LogP contribution in [0.5, 0.6) is 0 Å². The maximum absolute atomic E-state index is 6.50. The molecule has 0 aromatic carbocycles. The third kappa shape index (κ3) is 5.49. The molecule has 0 aromatic rings. The summed E-state index contributed by atoms with van der Waals surface area (Å²) in [5, 5.41) is 0. The van der Waals surface area contributed by atoms with Crippen molar-refractivity contribution in [2.75, 3.05) is 59.2 Å². The Morgan fingerprint density at radius 2 is 1.86 bits per heavy atom. The third-order valence-corrected chi connectivity index (χ3v) is 5.05. The SMILES string of the molecule is CCC(C)N1CCC(N)(COCCN2CCOCC2)CC1. The van der Waals surface area contributed by atoms with Crippen LogP contribution in [-0.2, 0) is 9.47 Å². The van der Waals surface area contributed by atoms with Crippen molar-refractivity contribution in [3.05, 3.63) is 0 Å². The largest absolute Gasteiger partial charge is 0.379 e. The summed E-state index contributed by atoms with van der Waals surface area (Å²) >= 11 is 0. The summed E-state index contributed by atoms with van der Waals surface area (Å²) < 4.78 is 11.2. The molecular weight excluding hydrogens is 266 g/mol. The Bertz CT molecular complexity index is 287. The lowest BCUT2D eigenvalue weighted by atomic mass is 9.89. The second-order valence-corrected chi connectivity index (χ2v) is 6.66. The van der Waals surface area contributed by atoms with Gasteiger partial charge in [0.15, 0.2) is 0 Å². The van der Waals surface area contributed by atoms with E-state index in [1.54, 1.807) is 0 Å². The number of rotatable bonds is 7. The molecule has 2 rings (SSSR count). The predicted molar refractivity (Wildman–Crippen MR) is 85.6 cm³/mol. The second-order valence-electron chi connectivity index (χ2n) is 6.66. The molecule has 0 radical (unpaired) electrons. The second kappa shape index (κ2) is 8.44. The van der Waals surface area contributed by atoms with E-state index < -0.39 is 0 Å². The van der Waals surface area contributed by atoms with E-state index in [0.717, 1.165) is 65.4 Å². The molecule has 2 aliphatic heterocycles. The Kier molecular flexibility index (Phi) is 6.89. The molecule has 124 valence electrons. The fourth-order valence-corrected chi connectivity index (χ4v) is 3.11. The molecule has 2 aliphatic rings. The average molecular weight is 299 g/mol. The van der Waals surface area contributed by atoms with Crippen molar-refractivity contribution in [1.29, 1.82) is 0 Å². The van der Waals surface area contributed by atoms with Gasteiger partial charge in [0.25, 0.3) is 0 Å². The number of nitrogens with zero attached hydrogens (tertiary/aromatic N) is 2. The van der Waals surface area contributed by atoms with Crippen molar-refractivity contribution in [3.63, 3.8) is 0 Å². The molecular formula is C16H33N3O2. The van der Waals surface area contributed by atoms with Gasteiger partial charge in [0.1, 0.15) is 0 Å². The Morgan fingerprint density at radius 1 is 1.19 bits per heavy atom. The summed E-state index contributed by atoms with van der Waals surface area (Å²) in [4.78, 5) is 4.96. The monoisotopic (exact) mass is 299 g/mol. The van der Waals surface area contributed by atoms with E-state index in [1.807, 2.05) is 0 Å². The number of likely N-dealkylation sites (tertiary alicyclic amines) is 1. The highest BCUT2D eigenvalue weighted by molar-refractivity contribution is 4.91. The van der Waals surface area contributed by atoms with Gasteiger partial charge in [0, 0.05) is 44.3 Å². The fraction of sp³-hybridized carbons (Fsp3) is 1.00. The minimum atomic E-state index is -0.116. The van der Waals surface area contributed by atoms with Crippen molar-refractivity contribution in [2.24, 2.45) is 5.73 Å². The predicted octanol–water partition coefficient (Wildman–Crippen LogP) is 0.927. The van der Waals surface area contributed by atoms with Gasteiger partial charge in [-0.05, 0) is 26.2 Å². The first-order chi connectivity index (χ1) is 10.1. The van der Waals surface area contributed by atoms with E-state index in [-0.39, 0.29) is 5.54 Å². The highest BCUT2D eigenvalue weighted by Crippen LogP contribution is 2.22. The highest BCUT2D eigenvalue weighted by atomic mass is 16.5.